The zero-order valence-corrected chi connectivity index (χ0v) is 17.1. The van der Waals surface area contributed by atoms with Crippen molar-refractivity contribution in [2.24, 2.45) is 0 Å². The molecule has 0 saturated carbocycles. The van der Waals surface area contributed by atoms with Crippen molar-refractivity contribution >= 4 is 38.9 Å². The van der Waals surface area contributed by atoms with Gasteiger partial charge in [-0.15, -0.1) is 11.3 Å². The number of benzene rings is 1. The van der Waals surface area contributed by atoms with Crippen LogP contribution in [0.25, 0.3) is 11.6 Å². The van der Waals surface area contributed by atoms with Crippen LogP contribution in [0.3, 0.4) is 0 Å². The molecule has 0 radical (unpaired) electrons. The van der Waals surface area contributed by atoms with Gasteiger partial charge in [0.25, 0.3) is 0 Å². The third kappa shape index (κ3) is 3.34. The summed E-state index contributed by atoms with van der Waals surface area (Å²) in [6.45, 7) is 11.7. The number of rotatable bonds is 2. The highest BCUT2D eigenvalue weighted by atomic mass is 79.9. The van der Waals surface area contributed by atoms with E-state index in [2.05, 4.69) is 87.0 Å². The Balaban J connectivity index is 2.03. The summed E-state index contributed by atoms with van der Waals surface area (Å²) < 4.78 is 1.19. The van der Waals surface area contributed by atoms with Crippen molar-refractivity contribution < 1.29 is 0 Å². The molecule has 0 amide bonds. The molecule has 1 aromatic carbocycles. The Hall–Kier alpha value is -0.860. The van der Waals surface area contributed by atoms with Gasteiger partial charge in [-0.3, -0.25) is 0 Å². The van der Waals surface area contributed by atoms with Crippen molar-refractivity contribution in [1.29, 1.82) is 0 Å². The van der Waals surface area contributed by atoms with Crippen LogP contribution in [-0.4, -0.2) is 0 Å². The fourth-order valence-corrected chi connectivity index (χ4v) is 4.90. The number of halogens is 1. The van der Waals surface area contributed by atoms with Gasteiger partial charge in [0.15, 0.2) is 0 Å². The first kappa shape index (κ1) is 17.0. The Morgan fingerprint density at radius 2 is 1.65 bits per heavy atom. The van der Waals surface area contributed by atoms with Crippen LogP contribution in [0.2, 0.25) is 0 Å². The van der Waals surface area contributed by atoms with Gasteiger partial charge in [-0.05, 0) is 80.9 Å². The Morgan fingerprint density at radius 1 is 1.00 bits per heavy atom. The van der Waals surface area contributed by atoms with Gasteiger partial charge in [-0.2, -0.15) is 0 Å². The van der Waals surface area contributed by atoms with Crippen molar-refractivity contribution in [1.82, 2.24) is 0 Å². The molecule has 2 aromatic rings. The molecule has 0 N–H and O–H groups in total. The quantitative estimate of drug-likeness (QED) is 0.501. The second-order valence-electron chi connectivity index (χ2n) is 8.00. The standard InChI is InChI=1S/C21H25BrS/c1-14(18-8-9-19(22)23-18)12-15-6-7-16-17(13-15)21(4,5)11-10-20(16,2)3/h6-9,12-13H,10-11H2,1-5H3/b14-12+. The minimum Gasteiger partial charge on any atom is -0.129 e. The summed E-state index contributed by atoms with van der Waals surface area (Å²) in [5.41, 5.74) is 6.27. The predicted octanol–water partition coefficient (Wildman–Crippen LogP) is 7.42. The summed E-state index contributed by atoms with van der Waals surface area (Å²) in [5.74, 6) is 0. The van der Waals surface area contributed by atoms with Gasteiger partial charge in [0, 0.05) is 4.88 Å². The lowest BCUT2D eigenvalue weighted by Crippen LogP contribution is -2.33. The van der Waals surface area contributed by atoms with E-state index in [1.54, 1.807) is 11.3 Å². The molecule has 122 valence electrons. The number of fused-ring (bicyclic) bond motifs is 1. The summed E-state index contributed by atoms with van der Waals surface area (Å²) in [4.78, 5) is 1.33. The van der Waals surface area contributed by atoms with Crippen LogP contribution in [0.4, 0.5) is 0 Å². The highest BCUT2D eigenvalue weighted by molar-refractivity contribution is 9.11. The Bertz CT molecular complexity index is 762. The molecule has 0 bridgehead atoms. The molecule has 1 heterocycles. The molecule has 0 spiro atoms. The summed E-state index contributed by atoms with van der Waals surface area (Å²) >= 11 is 5.35. The summed E-state index contributed by atoms with van der Waals surface area (Å²) in [6, 6.07) is 11.4. The first-order valence-corrected chi connectivity index (χ1v) is 9.89. The largest absolute Gasteiger partial charge is 0.129 e. The van der Waals surface area contributed by atoms with Gasteiger partial charge >= 0.3 is 0 Å². The van der Waals surface area contributed by atoms with Crippen LogP contribution < -0.4 is 0 Å². The zero-order valence-electron chi connectivity index (χ0n) is 14.7. The number of hydrogen-bond acceptors (Lipinski definition) is 1. The minimum atomic E-state index is 0.272. The molecule has 0 fully saturated rings. The molecule has 1 aliphatic carbocycles. The molecule has 23 heavy (non-hydrogen) atoms. The molecule has 0 unspecified atom stereocenters. The summed E-state index contributed by atoms with van der Waals surface area (Å²) in [6.07, 6.45) is 4.84. The van der Waals surface area contributed by atoms with E-state index in [9.17, 15) is 0 Å². The van der Waals surface area contributed by atoms with Crippen molar-refractivity contribution in [3.63, 3.8) is 0 Å². The second kappa shape index (κ2) is 5.89. The normalized spacial score (nSPS) is 19.5. The highest BCUT2D eigenvalue weighted by Crippen LogP contribution is 2.46. The van der Waals surface area contributed by atoms with Crippen LogP contribution in [0.15, 0.2) is 34.1 Å². The van der Waals surface area contributed by atoms with Crippen molar-refractivity contribution in [2.45, 2.75) is 58.3 Å². The molecular weight excluding hydrogens is 364 g/mol. The van der Waals surface area contributed by atoms with Gasteiger partial charge < -0.3 is 0 Å². The molecule has 1 aliphatic rings. The van der Waals surface area contributed by atoms with Crippen LogP contribution in [-0.2, 0) is 10.8 Å². The van der Waals surface area contributed by atoms with Crippen LogP contribution in [0, 0.1) is 0 Å². The monoisotopic (exact) mass is 388 g/mol. The fraction of sp³-hybridized carbons (Fsp3) is 0.429. The maximum Gasteiger partial charge on any atom is 0.0704 e. The van der Waals surface area contributed by atoms with E-state index in [0.29, 0.717) is 5.41 Å². The molecule has 3 rings (SSSR count). The van der Waals surface area contributed by atoms with Gasteiger partial charge in [-0.1, -0.05) is 52.0 Å². The Morgan fingerprint density at radius 3 is 2.26 bits per heavy atom. The maximum absolute atomic E-state index is 3.55. The fourth-order valence-electron chi connectivity index (χ4n) is 3.54. The van der Waals surface area contributed by atoms with Gasteiger partial charge in [0.05, 0.1) is 3.79 Å². The van der Waals surface area contributed by atoms with E-state index >= 15 is 0 Å². The van der Waals surface area contributed by atoms with Gasteiger partial charge in [0.1, 0.15) is 0 Å². The molecule has 0 atom stereocenters. The van der Waals surface area contributed by atoms with E-state index < -0.39 is 0 Å². The second-order valence-corrected chi connectivity index (χ2v) is 10.5. The Labute approximate surface area is 152 Å². The van der Waals surface area contributed by atoms with Crippen LogP contribution >= 0.6 is 27.3 Å². The van der Waals surface area contributed by atoms with Crippen molar-refractivity contribution in [3.05, 3.63) is 55.7 Å². The molecule has 0 saturated heterocycles. The average Bonchev–Trinajstić information content (AvgIpc) is 2.91. The average molecular weight is 389 g/mol. The third-order valence-electron chi connectivity index (χ3n) is 5.22. The van der Waals surface area contributed by atoms with Gasteiger partial charge in [0.2, 0.25) is 0 Å². The highest BCUT2D eigenvalue weighted by Gasteiger charge is 2.36. The molecular formula is C21H25BrS. The summed E-state index contributed by atoms with van der Waals surface area (Å²) in [7, 11) is 0. The Kier molecular flexibility index (Phi) is 4.35. The lowest BCUT2D eigenvalue weighted by atomic mass is 9.63. The number of hydrogen-bond donors (Lipinski definition) is 0. The van der Waals surface area contributed by atoms with E-state index in [-0.39, 0.29) is 5.41 Å². The zero-order chi connectivity index (χ0) is 16.8. The predicted molar refractivity (Wildman–Crippen MR) is 107 cm³/mol. The van der Waals surface area contributed by atoms with Crippen molar-refractivity contribution in [2.75, 3.05) is 0 Å². The molecule has 1 aromatic heterocycles. The molecule has 0 aliphatic heterocycles. The smallest absolute Gasteiger partial charge is 0.0704 e. The van der Waals surface area contributed by atoms with E-state index in [0.717, 1.165) is 0 Å². The molecule has 0 nitrogen and oxygen atoms in total. The van der Waals surface area contributed by atoms with Crippen LogP contribution in [0.1, 0.15) is 69.0 Å². The third-order valence-corrected chi connectivity index (χ3v) is 6.98. The number of thiophene rings is 1. The van der Waals surface area contributed by atoms with E-state index in [1.165, 1.54) is 43.8 Å². The van der Waals surface area contributed by atoms with E-state index in [4.69, 9.17) is 0 Å². The van der Waals surface area contributed by atoms with Gasteiger partial charge in [-0.25, -0.2) is 0 Å². The SMILES string of the molecule is C/C(=C\c1ccc2c(c1)C(C)(C)CCC2(C)C)c1ccc(Br)s1. The first-order chi connectivity index (χ1) is 10.7. The number of allylic oxidation sites excluding steroid dienone is 1. The topological polar surface area (TPSA) is 0 Å². The maximum atomic E-state index is 3.55. The first-order valence-electron chi connectivity index (χ1n) is 8.28. The minimum absolute atomic E-state index is 0.272. The molecule has 2 heteroatoms. The lowest BCUT2D eigenvalue weighted by molar-refractivity contribution is 0.332. The van der Waals surface area contributed by atoms with Crippen LogP contribution in [0.5, 0.6) is 0 Å². The lowest BCUT2D eigenvalue weighted by Gasteiger charge is -2.42. The van der Waals surface area contributed by atoms with E-state index in [1.807, 2.05) is 0 Å². The van der Waals surface area contributed by atoms with Crippen molar-refractivity contribution in [3.8, 4) is 0 Å². The summed E-state index contributed by atoms with van der Waals surface area (Å²) in [5, 5.41) is 0.